The number of thiol groups is 1. The SMILES string of the molecule is CCOC(=O)[C@@H](CSC(C)=O)N(C)CCN(C)[C@H](CS)C(=O)NCCCCCCCCNC(=O)Cc1c(C)n(C(=O)c2ccc(Cl)cc2)c2ccc(OC)cc12. The molecule has 15 heteroatoms. The molecule has 56 heavy (non-hydrogen) atoms. The van der Waals surface area contributed by atoms with Gasteiger partial charge in [-0.3, -0.25) is 38.3 Å². The topological polar surface area (TPSA) is 139 Å². The Morgan fingerprint density at radius 2 is 1.50 bits per heavy atom. The Balaban J connectivity index is 1.36. The molecule has 0 fully saturated rings. The molecule has 0 spiro atoms. The summed E-state index contributed by atoms with van der Waals surface area (Å²) < 4.78 is 12.3. The second-order valence-corrected chi connectivity index (χ2v) is 15.8. The van der Waals surface area contributed by atoms with Gasteiger partial charge in [0, 0.05) is 66.3 Å². The summed E-state index contributed by atoms with van der Waals surface area (Å²) in [6.07, 6.45) is 5.86. The predicted molar refractivity (Wildman–Crippen MR) is 228 cm³/mol. The summed E-state index contributed by atoms with van der Waals surface area (Å²) in [5.74, 6) is 0.563. The summed E-state index contributed by atoms with van der Waals surface area (Å²) in [6.45, 7) is 7.53. The zero-order chi connectivity index (χ0) is 41.2. The van der Waals surface area contributed by atoms with Gasteiger partial charge in [0.05, 0.1) is 31.7 Å². The fourth-order valence-corrected chi connectivity index (χ4v) is 7.75. The largest absolute Gasteiger partial charge is 0.497 e. The van der Waals surface area contributed by atoms with E-state index >= 15 is 0 Å². The Labute approximate surface area is 346 Å². The molecule has 3 aromatic rings. The number of carbonyl (C=O) groups is 5. The third kappa shape index (κ3) is 14.1. The van der Waals surface area contributed by atoms with E-state index in [2.05, 4.69) is 23.3 Å². The van der Waals surface area contributed by atoms with E-state index in [4.69, 9.17) is 21.1 Å². The lowest BCUT2D eigenvalue weighted by Gasteiger charge is -2.30. The van der Waals surface area contributed by atoms with Crippen LogP contribution >= 0.6 is 36.0 Å². The van der Waals surface area contributed by atoms with Gasteiger partial charge in [-0.15, -0.1) is 0 Å². The van der Waals surface area contributed by atoms with E-state index in [-0.39, 0.29) is 41.8 Å². The number of benzene rings is 2. The minimum Gasteiger partial charge on any atom is -0.497 e. The first-order valence-electron chi connectivity index (χ1n) is 19.2. The number of aromatic nitrogens is 1. The number of methoxy groups -OCH3 is 1. The van der Waals surface area contributed by atoms with Gasteiger partial charge < -0.3 is 20.1 Å². The number of halogens is 1. The van der Waals surface area contributed by atoms with Gasteiger partial charge in [0.25, 0.3) is 5.91 Å². The van der Waals surface area contributed by atoms with Crippen LogP contribution in [0.15, 0.2) is 42.5 Å². The Hall–Kier alpha value is -3.56. The maximum Gasteiger partial charge on any atom is 0.324 e. The molecule has 0 bridgehead atoms. The molecule has 0 saturated carbocycles. The summed E-state index contributed by atoms with van der Waals surface area (Å²) >= 11 is 11.6. The quantitative estimate of drug-likeness (QED) is 0.0578. The zero-order valence-electron chi connectivity index (χ0n) is 33.5. The molecule has 2 N–H and O–H groups in total. The number of amides is 2. The van der Waals surface area contributed by atoms with Crippen LogP contribution in [0, 0.1) is 6.92 Å². The second-order valence-electron chi connectivity index (χ2n) is 13.8. The number of ether oxygens (including phenoxy) is 2. The predicted octanol–water partition coefficient (Wildman–Crippen LogP) is 5.79. The first-order valence-corrected chi connectivity index (χ1v) is 21.2. The molecule has 12 nitrogen and oxygen atoms in total. The first-order chi connectivity index (χ1) is 26.8. The van der Waals surface area contributed by atoms with Crippen LogP contribution in [-0.2, 0) is 30.3 Å². The maximum absolute atomic E-state index is 13.6. The molecular weight excluding hydrogens is 774 g/mol. The van der Waals surface area contributed by atoms with E-state index in [0.717, 1.165) is 61.2 Å². The third-order valence-corrected chi connectivity index (χ3v) is 11.2. The van der Waals surface area contributed by atoms with Crippen molar-refractivity contribution in [3.63, 3.8) is 0 Å². The van der Waals surface area contributed by atoms with Gasteiger partial charge in [0.2, 0.25) is 11.8 Å². The Morgan fingerprint density at radius 3 is 2.09 bits per heavy atom. The number of nitrogens with zero attached hydrogens (tertiary/aromatic N) is 3. The van der Waals surface area contributed by atoms with Crippen molar-refractivity contribution in [2.24, 2.45) is 0 Å². The van der Waals surface area contributed by atoms with E-state index in [1.165, 1.54) is 6.92 Å². The highest BCUT2D eigenvalue weighted by Crippen LogP contribution is 2.31. The van der Waals surface area contributed by atoms with E-state index < -0.39 is 12.1 Å². The molecule has 0 aliphatic heterocycles. The van der Waals surface area contributed by atoms with Crippen molar-refractivity contribution in [2.45, 2.75) is 77.8 Å². The lowest BCUT2D eigenvalue weighted by molar-refractivity contribution is -0.148. The van der Waals surface area contributed by atoms with Gasteiger partial charge >= 0.3 is 5.97 Å². The van der Waals surface area contributed by atoms with E-state index in [9.17, 15) is 24.0 Å². The normalized spacial score (nSPS) is 12.5. The standard InChI is InChI=1S/C41H58ClN5O7S2/c1-7-54-41(52)37(27-56-29(3)48)46(5)23-22-45(4)36(26-55)39(50)44-21-13-11-9-8-10-12-20-43-38(49)25-33-28(2)47(35-19-18-32(53-6)24-34(33)35)40(51)30-14-16-31(42)17-15-30/h14-19,24,36-37,55H,7-13,20-23,25-27H2,1-6H3,(H,43,49)(H,44,50)/t36-,37-/m1/s1. The highest BCUT2D eigenvalue weighted by atomic mass is 35.5. The molecule has 2 amide bonds. The number of fused-ring (bicyclic) bond motifs is 1. The van der Waals surface area contributed by atoms with Crippen LogP contribution in [0.5, 0.6) is 5.75 Å². The zero-order valence-corrected chi connectivity index (χ0v) is 36.0. The van der Waals surface area contributed by atoms with Crippen LogP contribution in [0.25, 0.3) is 10.9 Å². The van der Waals surface area contributed by atoms with Crippen molar-refractivity contribution >= 4 is 75.7 Å². The highest BCUT2D eigenvalue weighted by Gasteiger charge is 2.27. The number of hydrogen-bond donors (Lipinski definition) is 3. The van der Waals surface area contributed by atoms with Crippen molar-refractivity contribution < 1.29 is 33.4 Å². The van der Waals surface area contributed by atoms with Gasteiger partial charge in [0.15, 0.2) is 5.12 Å². The minimum atomic E-state index is -0.555. The fourth-order valence-electron chi connectivity index (χ4n) is 6.39. The van der Waals surface area contributed by atoms with Gasteiger partial charge in [0.1, 0.15) is 11.8 Å². The highest BCUT2D eigenvalue weighted by molar-refractivity contribution is 8.13. The van der Waals surface area contributed by atoms with Crippen LogP contribution in [0.3, 0.4) is 0 Å². The Morgan fingerprint density at radius 1 is 0.893 bits per heavy atom. The summed E-state index contributed by atoms with van der Waals surface area (Å²) in [5, 5.41) is 7.37. The summed E-state index contributed by atoms with van der Waals surface area (Å²) in [7, 11) is 5.27. The average molecular weight is 833 g/mol. The molecule has 0 saturated heterocycles. The van der Waals surface area contributed by atoms with E-state index in [1.807, 2.05) is 43.0 Å². The number of thioether (sulfide) groups is 1. The number of likely N-dealkylation sites (N-methyl/N-ethyl adjacent to an activating group) is 2. The number of rotatable bonds is 24. The van der Waals surface area contributed by atoms with E-state index in [1.54, 1.807) is 48.9 Å². The van der Waals surface area contributed by atoms with Crippen molar-refractivity contribution in [2.75, 3.05) is 65.5 Å². The molecule has 1 aromatic heterocycles. The molecule has 0 aliphatic rings. The van der Waals surface area contributed by atoms with Gasteiger partial charge in [-0.1, -0.05) is 49.0 Å². The first kappa shape index (κ1) is 46.8. The smallest absolute Gasteiger partial charge is 0.324 e. The lowest BCUT2D eigenvalue weighted by atomic mass is 10.1. The monoisotopic (exact) mass is 831 g/mol. The van der Waals surface area contributed by atoms with Crippen LogP contribution in [0.1, 0.15) is 74.0 Å². The maximum atomic E-state index is 13.6. The molecule has 0 unspecified atom stereocenters. The van der Waals surface area contributed by atoms with Crippen molar-refractivity contribution in [3.05, 3.63) is 64.3 Å². The van der Waals surface area contributed by atoms with Crippen molar-refractivity contribution in [1.82, 2.24) is 25.0 Å². The Bertz CT molecular complexity index is 1770. The average Bonchev–Trinajstić information content (AvgIpc) is 3.44. The Kier molecular flexibility index (Phi) is 20.3. The number of unbranched alkanes of at least 4 members (excludes halogenated alkanes) is 5. The molecule has 2 atom stereocenters. The number of nitrogens with one attached hydrogen (secondary N) is 2. The van der Waals surface area contributed by atoms with Crippen LogP contribution in [-0.4, -0.2) is 121 Å². The van der Waals surface area contributed by atoms with Crippen LogP contribution in [0.4, 0.5) is 0 Å². The molecule has 2 aromatic carbocycles. The minimum absolute atomic E-state index is 0.0589. The molecular formula is C41H58ClN5O7S2. The third-order valence-electron chi connectivity index (χ3n) is 9.75. The van der Waals surface area contributed by atoms with Gasteiger partial charge in [-0.25, -0.2) is 0 Å². The number of esters is 1. The summed E-state index contributed by atoms with van der Waals surface area (Å²) in [5.41, 5.74) is 2.70. The molecule has 3 rings (SSSR count). The van der Waals surface area contributed by atoms with E-state index in [0.29, 0.717) is 65.2 Å². The van der Waals surface area contributed by atoms with Crippen LogP contribution < -0.4 is 15.4 Å². The van der Waals surface area contributed by atoms with Gasteiger partial charge in [-0.2, -0.15) is 12.6 Å². The molecule has 1 heterocycles. The lowest BCUT2D eigenvalue weighted by Crippen LogP contribution is -2.50. The molecule has 0 radical (unpaired) electrons. The van der Waals surface area contributed by atoms with Crippen LogP contribution in [0.2, 0.25) is 5.02 Å². The van der Waals surface area contributed by atoms with Gasteiger partial charge in [-0.05, 0) is 88.8 Å². The summed E-state index contributed by atoms with van der Waals surface area (Å²) in [4.78, 5) is 67.4. The van der Waals surface area contributed by atoms with Crippen molar-refractivity contribution in [1.29, 1.82) is 0 Å². The second kappa shape index (κ2) is 24.3. The molecule has 0 aliphatic carbocycles. The summed E-state index contributed by atoms with van der Waals surface area (Å²) in [6, 6.07) is 11.3. The van der Waals surface area contributed by atoms with Crippen molar-refractivity contribution in [3.8, 4) is 5.75 Å². The fraction of sp³-hybridized carbons (Fsp3) is 0.537. The number of carbonyl (C=O) groups excluding carboxylic acids is 5. The molecule has 308 valence electrons. The number of hydrogen-bond acceptors (Lipinski definition) is 11.